The molecule has 3 aromatic rings. The predicted octanol–water partition coefficient (Wildman–Crippen LogP) is 4.70. The summed E-state index contributed by atoms with van der Waals surface area (Å²) >= 11 is 5.99. The lowest BCUT2D eigenvalue weighted by molar-refractivity contribution is 0.240. The van der Waals surface area contributed by atoms with Crippen molar-refractivity contribution in [2.24, 2.45) is 0 Å². The SMILES string of the molecule is CCCc1ncc2c(n1)CCN(Cc1cccc(-c3ccc(Cl)cc3)n1)C2. The number of nitrogens with zero attached hydrogens (tertiary/aromatic N) is 4. The highest BCUT2D eigenvalue weighted by molar-refractivity contribution is 6.30. The van der Waals surface area contributed by atoms with Gasteiger partial charge in [-0.15, -0.1) is 0 Å². The third-order valence-electron chi connectivity index (χ3n) is 4.87. The average molecular weight is 379 g/mol. The van der Waals surface area contributed by atoms with Crippen LogP contribution in [0.25, 0.3) is 11.3 Å². The van der Waals surface area contributed by atoms with Crippen LogP contribution >= 0.6 is 11.6 Å². The summed E-state index contributed by atoms with van der Waals surface area (Å²) in [7, 11) is 0. The highest BCUT2D eigenvalue weighted by atomic mass is 35.5. The van der Waals surface area contributed by atoms with Crippen molar-refractivity contribution in [3.05, 3.63) is 76.5 Å². The molecule has 0 radical (unpaired) electrons. The Morgan fingerprint density at radius 2 is 1.93 bits per heavy atom. The zero-order valence-corrected chi connectivity index (χ0v) is 16.3. The average Bonchev–Trinajstić information content (AvgIpc) is 2.69. The molecule has 5 heteroatoms. The van der Waals surface area contributed by atoms with E-state index in [9.17, 15) is 0 Å². The van der Waals surface area contributed by atoms with Crippen LogP contribution < -0.4 is 0 Å². The van der Waals surface area contributed by atoms with E-state index in [1.165, 1.54) is 11.3 Å². The Balaban J connectivity index is 1.47. The van der Waals surface area contributed by atoms with Gasteiger partial charge in [-0.2, -0.15) is 0 Å². The summed E-state index contributed by atoms with van der Waals surface area (Å²) in [6.07, 6.45) is 5.03. The minimum atomic E-state index is 0.742. The van der Waals surface area contributed by atoms with Crippen LogP contribution in [0, 0.1) is 0 Å². The molecule has 0 saturated heterocycles. The lowest BCUT2D eigenvalue weighted by Crippen LogP contribution is -2.31. The molecule has 0 bridgehead atoms. The normalized spacial score (nSPS) is 14.1. The third-order valence-corrected chi connectivity index (χ3v) is 5.12. The van der Waals surface area contributed by atoms with Gasteiger partial charge < -0.3 is 0 Å². The Morgan fingerprint density at radius 1 is 1.07 bits per heavy atom. The zero-order chi connectivity index (χ0) is 18.6. The molecule has 0 fully saturated rings. The number of aryl methyl sites for hydroxylation is 1. The molecule has 2 aromatic heterocycles. The molecule has 1 aromatic carbocycles. The Hall–Kier alpha value is -2.30. The van der Waals surface area contributed by atoms with Gasteiger partial charge in [-0.05, 0) is 30.7 Å². The van der Waals surface area contributed by atoms with Crippen LogP contribution in [-0.2, 0) is 25.9 Å². The summed E-state index contributed by atoms with van der Waals surface area (Å²) in [6, 6.07) is 14.0. The number of aromatic nitrogens is 3. The topological polar surface area (TPSA) is 41.9 Å². The van der Waals surface area contributed by atoms with Gasteiger partial charge in [0.05, 0.1) is 11.4 Å². The van der Waals surface area contributed by atoms with Crippen LogP contribution in [0.15, 0.2) is 48.7 Å². The van der Waals surface area contributed by atoms with Gasteiger partial charge in [0, 0.05) is 60.5 Å². The van der Waals surface area contributed by atoms with Crippen LogP contribution in [0.5, 0.6) is 0 Å². The van der Waals surface area contributed by atoms with Crippen molar-refractivity contribution >= 4 is 11.6 Å². The van der Waals surface area contributed by atoms with Crippen LogP contribution in [0.4, 0.5) is 0 Å². The first-order chi connectivity index (χ1) is 13.2. The van der Waals surface area contributed by atoms with Gasteiger partial charge >= 0.3 is 0 Å². The van der Waals surface area contributed by atoms with E-state index in [0.29, 0.717) is 0 Å². The fourth-order valence-electron chi connectivity index (χ4n) is 3.47. The fourth-order valence-corrected chi connectivity index (χ4v) is 3.60. The number of rotatable bonds is 5. The van der Waals surface area contributed by atoms with Gasteiger partial charge in [0.25, 0.3) is 0 Å². The predicted molar refractivity (Wildman–Crippen MR) is 109 cm³/mol. The van der Waals surface area contributed by atoms with Gasteiger partial charge in [0.1, 0.15) is 5.82 Å². The molecule has 4 nitrogen and oxygen atoms in total. The Kier molecular flexibility index (Phi) is 5.46. The van der Waals surface area contributed by atoms with Crippen molar-refractivity contribution in [1.29, 1.82) is 0 Å². The largest absolute Gasteiger partial charge is 0.293 e. The van der Waals surface area contributed by atoms with E-state index in [1.807, 2.05) is 36.5 Å². The summed E-state index contributed by atoms with van der Waals surface area (Å²) in [6.45, 7) is 4.88. The van der Waals surface area contributed by atoms with Crippen molar-refractivity contribution in [2.75, 3.05) is 6.54 Å². The molecule has 3 heterocycles. The van der Waals surface area contributed by atoms with E-state index in [2.05, 4.69) is 28.9 Å². The highest BCUT2D eigenvalue weighted by Crippen LogP contribution is 2.22. The van der Waals surface area contributed by atoms with Crippen molar-refractivity contribution in [3.8, 4) is 11.3 Å². The number of fused-ring (bicyclic) bond motifs is 1. The van der Waals surface area contributed by atoms with Crippen LogP contribution in [0.2, 0.25) is 5.02 Å². The summed E-state index contributed by atoms with van der Waals surface area (Å²) in [4.78, 5) is 16.5. The second-order valence-corrected chi connectivity index (χ2v) is 7.43. The lowest BCUT2D eigenvalue weighted by Gasteiger charge is -2.27. The Morgan fingerprint density at radius 3 is 2.74 bits per heavy atom. The summed E-state index contributed by atoms with van der Waals surface area (Å²) < 4.78 is 0. The molecule has 138 valence electrons. The summed E-state index contributed by atoms with van der Waals surface area (Å²) in [5.74, 6) is 0.974. The van der Waals surface area contributed by atoms with E-state index in [-0.39, 0.29) is 0 Å². The molecule has 4 rings (SSSR count). The van der Waals surface area contributed by atoms with Gasteiger partial charge in [-0.3, -0.25) is 9.88 Å². The molecule has 0 unspecified atom stereocenters. The molecule has 0 N–H and O–H groups in total. The quantitative estimate of drug-likeness (QED) is 0.645. The minimum Gasteiger partial charge on any atom is -0.293 e. The molecular weight excluding hydrogens is 356 g/mol. The van der Waals surface area contributed by atoms with Gasteiger partial charge in [0.15, 0.2) is 0 Å². The van der Waals surface area contributed by atoms with Crippen LogP contribution in [0.3, 0.4) is 0 Å². The van der Waals surface area contributed by atoms with Crippen molar-refractivity contribution in [2.45, 2.75) is 39.3 Å². The first-order valence-electron chi connectivity index (χ1n) is 9.49. The van der Waals surface area contributed by atoms with Crippen LogP contribution in [0.1, 0.15) is 36.1 Å². The zero-order valence-electron chi connectivity index (χ0n) is 15.5. The molecule has 0 saturated carbocycles. The molecule has 0 aliphatic carbocycles. The van der Waals surface area contributed by atoms with E-state index in [4.69, 9.17) is 21.6 Å². The molecule has 1 aliphatic heterocycles. The maximum atomic E-state index is 5.99. The van der Waals surface area contributed by atoms with E-state index in [1.54, 1.807) is 0 Å². The van der Waals surface area contributed by atoms with Gasteiger partial charge in [0.2, 0.25) is 0 Å². The second kappa shape index (κ2) is 8.15. The maximum Gasteiger partial charge on any atom is 0.128 e. The molecular formula is C22H23ClN4. The summed E-state index contributed by atoms with van der Waals surface area (Å²) in [5, 5.41) is 0.742. The number of hydrogen-bond acceptors (Lipinski definition) is 4. The van der Waals surface area contributed by atoms with E-state index < -0.39 is 0 Å². The fraction of sp³-hybridized carbons (Fsp3) is 0.318. The second-order valence-electron chi connectivity index (χ2n) is 6.99. The molecule has 0 atom stereocenters. The van der Waals surface area contributed by atoms with E-state index in [0.717, 1.165) is 66.7 Å². The minimum absolute atomic E-state index is 0.742. The highest BCUT2D eigenvalue weighted by Gasteiger charge is 2.19. The molecule has 1 aliphatic rings. The van der Waals surface area contributed by atoms with Crippen molar-refractivity contribution in [3.63, 3.8) is 0 Å². The van der Waals surface area contributed by atoms with Gasteiger partial charge in [-0.25, -0.2) is 9.97 Å². The van der Waals surface area contributed by atoms with Crippen molar-refractivity contribution < 1.29 is 0 Å². The van der Waals surface area contributed by atoms with Gasteiger partial charge in [-0.1, -0.05) is 36.7 Å². The number of hydrogen-bond donors (Lipinski definition) is 0. The molecule has 0 spiro atoms. The number of pyridine rings is 1. The Labute approximate surface area is 165 Å². The summed E-state index contributed by atoms with van der Waals surface area (Å²) in [5.41, 5.74) is 5.60. The monoisotopic (exact) mass is 378 g/mol. The lowest BCUT2D eigenvalue weighted by atomic mass is 10.1. The smallest absolute Gasteiger partial charge is 0.128 e. The number of benzene rings is 1. The molecule has 0 amide bonds. The third kappa shape index (κ3) is 4.34. The Bertz CT molecular complexity index is 924. The first kappa shape index (κ1) is 18.1. The van der Waals surface area contributed by atoms with Crippen molar-refractivity contribution in [1.82, 2.24) is 19.9 Å². The standard InChI is InChI=1S/C22H23ClN4/c1-2-4-22-24-13-17-14-27(12-11-21(17)26-22)15-19-5-3-6-20(25-19)16-7-9-18(23)10-8-16/h3,5-10,13H,2,4,11-12,14-15H2,1H3. The maximum absolute atomic E-state index is 5.99. The van der Waals surface area contributed by atoms with E-state index >= 15 is 0 Å². The van der Waals surface area contributed by atoms with Crippen LogP contribution in [-0.4, -0.2) is 26.4 Å². The first-order valence-corrected chi connectivity index (χ1v) is 9.87. The number of halogens is 1. The molecule has 27 heavy (non-hydrogen) atoms.